The largest absolute Gasteiger partial charge is 0.378 e. The highest BCUT2D eigenvalue weighted by Gasteiger charge is 2.44. The first-order valence-electron chi connectivity index (χ1n) is 12.3. The number of halogens is 1. The van der Waals surface area contributed by atoms with Crippen molar-refractivity contribution in [2.75, 3.05) is 39.1 Å². The Morgan fingerprint density at radius 1 is 1.11 bits per heavy atom. The number of rotatable bonds is 8. The van der Waals surface area contributed by atoms with Gasteiger partial charge in [-0.25, -0.2) is 4.39 Å². The second-order valence-electron chi connectivity index (χ2n) is 9.84. The Labute approximate surface area is 207 Å². The molecule has 0 aliphatic carbocycles. The summed E-state index contributed by atoms with van der Waals surface area (Å²) in [6.45, 7) is 2.53. The van der Waals surface area contributed by atoms with Crippen molar-refractivity contribution in [1.29, 1.82) is 0 Å². The molecule has 0 saturated carbocycles. The standard InChI is InChI=1S/C27H36FN5O2/c1-31(2)22-10-6-20(7-11-22)18-33-15-14-24-26(33)27(35)30-17-23(32(24)3)12-13-25(34)29-16-19-4-8-21(28)9-5-19/h4-11,23-24,26H,12-18H2,1-3H3,(H,29,34)(H,30,35)/t23-,24+,26-/m0/s1. The van der Waals surface area contributed by atoms with Crippen LogP contribution < -0.4 is 15.5 Å². The van der Waals surface area contributed by atoms with Crippen molar-refractivity contribution in [3.05, 3.63) is 65.5 Å². The number of fused-ring (bicyclic) bond motifs is 1. The summed E-state index contributed by atoms with van der Waals surface area (Å²) in [5.41, 5.74) is 3.22. The minimum Gasteiger partial charge on any atom is -0.378 e. The molecular formula is C27H36FN5O2. The molecule has 4 rings (SSSR count). The zero-order chi connectivity index (χ0) is 24.9. The number of carbonyl (C=O) groups is 2. The second-order valence-corrected chi connectivity index (χ2v) is 9.84. The Hall–Kier alpha value is -2.97. The summed E-state index contributed by atoms with van der Waals surface area (Å²) in [4.78, 5) is 32.1. The quantitative estimate of drug-likeness (QED) is 0.606. The third-order valence-corrected chi connectivity index (χ3v) is 7.30. The maximum absolute atomic E-state index is 13.1. The molecule has 0 aromatic heterocycles. The van der Waals surface area contributed by atoms with E-state index >= 15 is 0 Å². The van der Waals surface area contributed by atoms with Gasteiger partial charge in [0.25, 0.3) is 0 Å². The molecule has 3 atom stereocenters. The number of likely N-dealkylation sites (tertiary alicyclic amines) is 1. The van der Waals surface area contributed by atoms with Gasteiger partial charge in [-0.05, 0) is 55.3 Å². The summed E-state index contributed by atoms with van der Waals surface area (Å²) >= 11 is 0. The number of nitrogens with one attached hydrogen (secondary N) is 2. The highest BCUT2D eigenvalue weighted by molar-refractivity contribution is 5.83. The van der Waals surface area contributed by atoms with E-state index in [1.165, 1.54) is 17.7 Å². The lowest BCUT2D eigenvalue weighted by molar-refractivity contribution is -0.126. The fourth-order valence-electron chi connectivity index (χ4n) is 5.15. The smallest absolute Gasteiger partial charge is 0.239 e. The van der Waals surface area contributed by atoms with Gasteiger partial charge in [0.2, 0.25) is 11.8 Å². The van der Waals surface area contributed by atoms with Gasteiger partial charge in [-0.1, -0.05) is 24.3 Å². The van der Waals surface area contributed by atoms with Gasteiger partial charge in [-0.3, -0.25) is 19.4 Å². The van der Waals surface area contributed by atoms with E-state index in [-0.39, 0.29) is 35.8 Å². The van der Waals surface area contributed by atoms with Crippen LogP contribution in [0.25, 0.3) is 0 Å². The average Bonchev–Trinajstić information content (AvgIpc) is 3.22. The molecule has 0 radical (unpaired) electrons. The number of hydrogen-bond acceptors (Lipinski definition) is 5. The van der Waals surface area contributed by atoms with Crippen molar-refractivity contribution in [3.63, 3.8) is 0 Å². The van der Waals surface area contributed by atoms with Crippen molar-refractivity contribution < 1.29 is 14.0 Å². The first kappa shape index (κ1) is 25.1. The van der Waals surface area contributed by atoms with Crippen LogP contribution in [0.5, 0.6) is 0 Å². The molecule has 2 aliphatic heterocycles. The zero-order valence-electron chi connectivity index (χ0n) is 20.8. The average molecular weight is 482 g/mol. The topological polar surface area (TPSA) is 67.9 Å². The van der Waals surface area contributed by atoms with Gasteiger partial charge >= 0.3 is 0 Å². The lowest BCUT2D eigenvalue weighted by atomic mass is 10.0. The molecule has 2 aromatic rings. The second kappa shape index (κ2) is 11.2. The van der Waals surface area contributed by atoms with E-state index < -0.39 is 0 Å². The Morgan fingerprint density at radius 3 is 2.49 bits per heavy atom. The third kappa shape index (κ3) is 6.18. The van der Waals surface area contributed by atoms with E-state index in [2.05, 4.69) is 56.6 Å². The molecule has 2 N–H and O–H groups in total. The normalized spacial score (nSPS) is 22.9. The van der Waals surface area contributed by atoms with E-state index in [0.717, 1.165) is 30.8 Å². The van der Waals surface area contributed by atoms with Crippen LogP contribution in [-0.4, -0.2) is 74.0 Å². The van der Waals surface area contributed by atoms with Crippen LogP contribution in [0.15, 0.2) is 48.5 Å². The molecule has 7 nitrogen and oxygen atoms in total. The molecule has 35 heavy (non-hydrogen) atoms. The zero-order valence-corrected chi connectivity index (χ0v) is 20.8. The Balaban J connectivity index is 1.31. The van der Waals surface area contributed by atoms with Gasteiger partial charge in [-0.2, -0.15) is 0 Å². The summed E-state index contributed by atoms with van der Waals surface area (Å²) < 4.78 is 13.1. The van der Waals surface area contributed by atoms with E-state index in [1.807, 2.05) is 14.1 Å². The van der Waals surface area contributed by atoms with Crippen LogP contribution in [0.1, 0.15) is 30.4 Å². The van der Waals surface area contributed by atoms with Crippen molar-refractivity contribution in [3.8, 4) is 0 Å². The minimum atomic E-state index is -0.287. The molecule has 0 spiro atoms. The number of anilines is 1. The van der Waals surface area contributed by atoms with Crippen molar-refractivity contribution in [2.24, 2.45) is 0 Å². The molecule has 2 fully saturated rings. The molecule has 0 bridgehead atoms. The van der Waals surface area contributed by atoms with Gasteiger partial charge < -0.3 is 15.5 Å². The maximum atomic E-state index is 13.1. The third-order valence-electron chi connectivity index (χ3n) is 7.30. The highest BCUT2D eigenvalue weighted by Crippen LogP contribution is 2.29. The molecule has 2 aromatic carbocycles. The maximum Gasteiger partial charge on any atom is 0.239 e. The van der Waals surface area contributed by atoms with Crippen LogP contribution in [0, 0.1) is 5.82 Å². The number of amides is 2. The first-order chi connectivity index (χ1) is 16.8. The molecule has 2 amide bonds. The number of likely N-dealkylation sites (N-methyl/N-ethyl adjacent to an activating group) is 1. The van der Waals surface area contributed by atoms with Gasteiger partial charge in [0, 0.05) is 64.5 Å². The van der Waals surface area contributed by atoms with Crippen LogP contribution in [0.4, 0.5) is 10.1 Å². The molecule has 2 heterocycles. The molecule has 0 unspecified atom stereocenters. The summed E-state index contributed by atoms with van der Waals surface area (Å²) in [7, 11) is 6.13. The van der Waals surface area contributed by atoms with Crippen LogP contribution in [-0.2, 0) is 22.7 Å². The summed E-state index contributed by atoms with van der Waals surface area (Å²) in [6, 6.07) is 14.7. The van der Waals surface area contributed by atoms with E-state index in [0.29, 0.717) is 25.9 Å². The predicted molar refractivity (Wildman–Crippen MR) is 135 cm³/mol. The summed E-state index contributed by atoms with van der Waals surface area (Å²) in [5, 5.41) is 6.04. The molecular weight excluding hydrogens is 445 g/mol. The lowest BCUT2D eigenvalue weighted by Crippen LogP contribution is -2.49. The molecule has 188 valence electrons. The van der Waals surface area contributed by atoms with Gasteiger partial charge in [0.05, 0.1) is 0 Å². The Kier molecular flexibility index (Phi) is 8.03. The Bertz CT molecular complexity index is 1010. The fourth-order valence-corrected chi connectivity index (χ4v) is 5.15. The molecule has 2 aliphatic rings. The number of hydrogen-bond donors (Lipinski definition) is 2. The van der Waals surface area contributed by atoms with E-state index in [4.69, 9.17) is 0 Å². The Morgan fingerprint density at radius 2 is 1.80 bits per heavy atom. The van der Waals surface area contributed by atoms with E-state index in [9.17, 15) is 14.0 Å². The number of benzene rings is 2. The van der Waals surface area contributed by atoms with Crippen molar-refractivity contribution >= 4 is 17.5 Å². The predicted octanol–water partition coefficient (Wildman–Crippen LogP) is 2.36. The SMILES string of the molecule is CN(C)c1ccc(CN2CC[C@@H]3[C@H]2C(=O)NC[C@H](CCC(=O)NCc2ccc(F)cc2)N3C)cc1. The van der Waals surface area contributed by atoms with E-state index in [1.54, 1.807) is 12.1 Å². The molecule has 8 heteroatoms. The van der Waals surface area contributed by atoms with Gasteiger partial charge in [0.15, 0.2) is 0 Å². The van der Waals surface area contributed by atoms with Crippen molar-refractivity contribution in [1.82, 2.24) is 20.4 Å². The number of nitrogens with zero attached hydrogens (tertiary/aromatic N) is 3. The van der Waals surface area contributed by atoms with Crippen LogP contribution >= 0.6 is 0 Å². The van der Waals surface area contributed by atoms with Gasteiger partial charge in [0.1, 0.15) is 11.9 Å². The summed E-state index contributed by atoms with van der Waals surface area (Å²) in [6.07, 6.45) is 1.98. The highest BCUT2D eigenvalue weighted by atomic mass is 19.1. The number of carbonyl (C=O) groups excluding carboxylic acids is 2. The van der Waals surface area contributed by atoms with Crippen LogP contribution in [0.2, 0.25) is 0 Å². The van der Waals surface area contributed by atoms with Crippen molar-refractivity contribution in [2.45, 2.75) is 50.5 Å². The fraction of sp³-hybridized carbons (Fsp3) is 0.481. The van der Waals surface area contributed by atoms with Crippen LogP contribution in [0.3, 0.4) is 0 Å². The minimum absolute atomic E-state index is 0.0379. The van der Waals surface area contributed by atoms with Gasteiger partial charge in [-0.15, -0.1) is 0 Å². The summed E-state index contributed by atoms with van der Waals surface area (Å²) in [5.74, 6) is -0.249. The lowest BCUT2D eigenvalue weighted by Gasteiger charge is -2.33. The molecule has 2 saturated heterocycles. The first-order valence-corrected chi connectivity index (χ1v) is 12.3. The monoisotopic (exact) mass is 481 g/mol.